The van der Waals surface area contributed by atoms with Gasteiger partial charge in [-0.15, -0.1) is 0 Å². The molecule has 1 unspecified atom stereocenters. The van der Waals surface area contributed by atoms with Crippen LogP contribution in [-0.4, -0.2) is 46.4 Å². The Balaban J connectivity index is 5.97. The standard InChI is InChI=1S/C6H3F11O2/c7-3(8,6(15,16)17)1(18)2(19,4(9,10)11)5(12,13)14/h1,18-19H. The first-order chi connectivity index (χ1) is 7.90. The number of halogens is 11. The highest BCUT2D eigenvalue weighted by molar-refractivity contribution is 5.06. The Morgan fingerprint density at radius 2 is 0.842 bits per heavy atom. The third kappa shape index (κ3) is 2.70. The summed E-state index contributed by atoms with van der Waals surface area (Å²) >= 11 is 0. The molecule has 0 radical (unpaired) electrons. The van der Waals surface area contributed by atoms with E-state index in [0.29, 0.717) is 0 Å². The second-order valence-corrected chi connectivity index (χ2v) is 3.29. The maximum Gasteiger partial charge on any atom is 0.456 e. The van der Waals surface area contributed by atoms with E-state index in [-0.39, 0.29) is 0 Å². The Morgan fingerprint density at radius 1 is 0.579 bits per heavy atom. The van der Waals surface area contributed by atoms with E-state index in [9.17, 15) is 48.3 Å². The van der Waals surface area contributed by atoms with Crippen LogP contribution < -0.4 is 0 Å². The van der Waals surface area contributed by atoms with Crippen LogP contribution in [0, 0.1) is 0 Å². The lowest BCUT2D eigenvalue weighted by atomic mass is 9.90. The number of hydrogen-bond donors (Lipinski definition) is 2. The summed E-state index contributed by atoms with van der Waals surface area (Å²) < 4.78 is 131. The molecule has 0 saturated heterocycles. The van der Waals surface area contributed by atoms with Crippen LogP contribution in [-0.2, 0) is 0 Å². The topological polar surface area (TPSA) is 40.5 Å². The number of rotatable bonds is 2. The van der Waals surface area contributed by atoms with Gasteiger partial charge in [-0.3, -0.25) is 0 Å². The number of alkyl halides is 11. The second-order valence-electron chi connectivity index (χ2n) is 3.29. The molecule has 0 rings (SSSR count). The van der Waals surface area contributed by atoms with Crippen LogP contribution in [0.3, 0.4) is 0 Å². The summed E-state index contributed by atoms with van der Waals surface area (Å²) in [7, 11) is 0. The summed E-state index contributed by atoms with van der Waals surface area (Å²) in [5.41, 5.74) is -6.64. The molecule has 0 aliphatic carbocycles. The van der Waals surface area contributed by atoms with Crippen molar-refractivity contribution < 1.29 is 58.5 Å². The fraction of sp³-hybridized carbons (Fsp3) is 1.00. The summed E-state index contributed by atoms with van der Waals surface area (Å²) in [5, 5.41) is 16.3. The molecule has 13 heteroatoms. The van der Waals surface area contributed by atoms with Gasteiger partial charge in [0.25, 0.3) is 5.60 Å². The molecule has 1 atom stereocenters. The summed E-state index contributed by atoms with van der Waals surface area (Å²) in [4.78, 5) is 0. The molecule has 0 heterocycles. The molecule has 0 aromatic carbocycles. The minimum atomic E-state index is -7.01. The van der Waals surface area contributed by atoms with Gasteiger partial charge >= 0.3 is 24.5 Å². The minimum Gasteiger partial charge on any atom is -0.383 e. The molecule has 0 amide bonds. The highest BCUT2D eigenvalue weighted by Gasteiger charge is 2.82. The van der Waals surface area contributed by atoms with Crippen LogP contribution >= 0.6 is 0 Å². The van der Waals surface area contributed by atoms with Crippen molar-refractivity contribution in [3.05, 3.63) is 0 Å². The van der Waals surface area contributed by atoms with E-state index in [1.54, 1.807) is 0 Å². The normalized spacial score (nSPS) is 17.5. The van der Waals surface area contributed by atoms with E-state index in [4.69, 9.17) is 10.2 Å². The first-order valence-corrected chi connectivity index (χ1v) is 3.89. The molecular formula is C6H3F11O2. The molecule has 0 bridgehead atoms. The van der Waals surface area contributed by atoms with E-state index in [1.807, 2.05) is 0 Å². The third-order valence-corrected chi connectivity index (χ3v) is 1.98. The Bertz CT molecular complexity index is 310. The van der Waals surface area contributed by atoms with Gasteiger partial charge in [-0.1, -0.05) is 0 Å². The second kappa shape index (κ2) is 4.33. The first kappa shape index (κ1) is 18.1. The molecule has 0 saturated carbocycles. The summed E-state index contributed by atoms with van der Waals surface area (Å²) in [6.45, 7) is 0. The van der Waals surface area contributed by atoms with E-state index < -0.39 is 36.2 Å². The van der Waals surface area contributed by atoms with Crippen LogP contribution in [0.5, 0.6) is 0 Å². The van der Waals surface area contributed by atoms with Crippen molar-refractivity contribution in [1.29, 1.82) is 0 Å². The van der Waals surface area contributed by atoms with Gasteiger partial charge in [0, 0.05) is 0 Å². The van der Waals surface area contributed by atoms with Crippen molar-refractivity contribution >= 4 is 0 Å². The average molecular weight is 316 g/mol. The largest absolute Gasteiger partial charge is 0.456 e. The number of aliphatic hydroxyl groups is 2. The van der Waals surface area contributed by atoms with Crippen LogP contribution in [0.15, 0.2) is 0 Å². The lowest BCUT2D eigenvalue weighted by Gasteiger charge is -2.39. The average Bonchev–Trinajstić information content (AvgIpc) is 2.09. The van der Waals surface area contributed by atoms with Gasteiger partial charge in [0.15, 0.2) is 6.10 Å². The smallest absolute Gasteiger partial charge is 0.383 e. The highest BCUT2D eigenvalue weighted by Crippen LogP contribution is 2.51. The molecule has 116 valence electrons. The molecule has 19 heavy (non-hydrogen) atoms. The molecular weight excluding hydrogens is 313 g/mol. The van der Waals surface area contributed by atoms with Gasteiger partial charge in [-0.05, 0) is 0 Å². The fourth-order valence-corrected chi connectivity index (χ4v) is 0.888. The van der Waals surface area contributed by atoms with Gasteiger partial charge in [0.1, 0.15) is 0 Å². The van der Waals surface area contributed by atoms with Crippen molar-refractivity contribution in [2.75, 3.05) is 0 Å². The van der Waals surface area contributed by atoms with Gasteiger partial charge < -0.3 is 10.2 Å². The molecule has 0 aromatic rings. The lowest BCUT2D eigenvalue weighted by Crippen LogP contribution is -2.71. The fourth-order valence-electron chi connectivity index (χ4n) is 0.888. The van der Waals surface area contributed by atoms with Crippen molar-refractivity contribution in [3.8, 4) is 0 Å². The van der Waals surface area contributed by atoms with Crippen molar-refractivity contribution in [1.82, 2.24) is 0 Å². The summed E-state index contributed by atoms with van der Waals surface area (Å²) in [6, 6.07) is 0. The van der Waals surface area contributed by atoms with Crippen LogP contribution in [0.4, 0.5) is 48.3 Å². The van der Waals surface area contributed by atoms with Crippen molar-refractivity contribution in [3.63, 3.8) is 0 Å². The third-order valence-electron chi connectivity index (χ3n) is 1.98. The maximum absolute atomic E-state index is 12.3. The molecule has 0 aromatic heterocycles. The van der Waals surface area contributed by atoms with E-state index in [0.717, 1.165) is 0 Å². The molecule has 2 nitrogen and oxygen atoms in total. The Labute approximate surface area is 96.0 Å². The van der Waals surface area contributed by atoms with Crippen molar-refractivity contribution in [2.45, 2.75) is 36.2 Å². The Hall–Kier alpha value is -0.850. The highest BCUT2D eigenvalue weighted by atomic mass is 19.4. The first-order valence-electron chi connectivity index (χ1n) is 3.89. The molecule has 2 N–H and O–H groups in total. The number of hydrogen-bond acceptors (Lipinski definition) is 2. The number of aliphatic hydroxyl groups excluding tert-OH is 1. The van der Waals surface area contributed by atoms with E-state index in [1.165, 1.54) is 0 Å². The summed E-state index contributed by atoms with van der Waals surface area (Å²) in [5.74, 6) is -6.84. The zero-order valence-electron chi connectivity index (χ0n) is 8.13. The maximum atomic E-state index is 12.3. The minimum absolute atomic E-state index is 5.51. The van der Waals surface area contributed by atoms with Gasteiger partial charge in [-0.2, -0.15) is 48.3 Å². The van der Waals surface area contributed by atoms with Crippen LogP contribution in [0.2, 0.25) is 0 Å². The van der Waals surface area contributed by atoms with E-state index >= 15 is 0 Å². The van der Waals surface area contributed by atoms with Gasteiger partial charge in [-0.25, -0.2) is 0 Å². The SMILES string of the molecule is OC(C(F)(F)C(F)(F)F)C(O)(C(F)(F)F)C(F)(F)F. The predicted molar refractivity (Wildman–Crippen MR) is 34.1 cm³/mol. The lowest BCUT2D eigenvalue weighted by molar-refractivity contribution is -0.429. The molecule has 0 aliphatic heterocycles. The molecule has 0 aliphatic rings. The zero-order chi connectivity index (χ0) is 16.1. The van der Waals surface area contributed by atoms with E-state index in [2.05, 4.69) is 0 Å². The Morgan fingerprint density at radius 3 is 1.00 bits per heavy atom. The zero-order valence-corrected chi connectivity index (χ0v) is 8.13. The summed E-state index contributed by atoms with van der Waals surface area (Å²) in [6.07, 6.45) is -26.5. The molecule has 0 fully saturated rings. The predicted octanol–water partition coefficient (Wildman–Crippen LogP) is 2.40. The van der Waals surface area contributed by atoms with Gasteiger partial charge in [0.05, 0.1) is 0 Å². The van der Waals surface area contributed by atoms with Crippen LogP contribution in [0.25, 0.3) is 0 Å². The van der Waals surface area contributed by atoms with Crippen molar-refractivity contribution in [2.24, 2.45) is 0 Å². The quantitative estimate of drug-likeness (QED) is 0.768. The Kier molecular flexibility index (Phi) is 4.13. The van der Waals surface area contributed by atoms with Gasteiger partial charge in [0.2, 0.25) is 0 Å². The monoisotopic (exact) mass is 316 g/mol. The van der Waals surface area contributed by atoms with Crippen LogP contribution in [0.1, 0.15) is 0 Å². The molecule has 0 spiro atoms.